The van der Waals surface area contributed by atoms with E-state index in [4.69, 9.17) is 16.2 Å². The summed E-state index contributed by atoms with van der Waals surface area (Å²) >= 11 is 1.50. The monoisotopic (exact) mass is 366 g/mol. The Hall–Kier alpha value is -3.39. The molecule has 2 heterocycles. The molecule has 8 heteroatoms. The van der Waals surface area contributed by atoms with Crippen LogP contribution in [0.15, 0.2) is 36.7 Å². The summed E-state index contributed by atoms with van der Waals surface area (Å²) in [5.74, 6) is -0.369. The van der Waals surface area contributed by atoms with E-state index in [0.29, 0.717) is 11.4 Å². The maximum absolute atomic E-state index is 11.6. The molecule has 0 saturated carbocycles. The van der Waals surface area contributed by atoms with Crippen molar-refractivity contribution in [3.05, 3.63) is 42.2 Å². The van der Waals surface area contributed by atoms with Gasteiger partial charge in [-0.1, -0.05) is 12.1 Å². The molecule has 0 spiro atoms. The van der Waals surface area contributed by atoms with Crippen molar-refractivity contribution in [2.75, 3.05) is 12.8 Å². The van der Waals surface area contributed by atoms with Gasteiger partial charge in [0, 0.05) is 10.1 Å². The van der Waals surface area contributed by atoms with Crippen LogP contribution in [0.2, 0.25) is 0 Å². The Labute approximate surface area is 151 Å². The molecule has 7 nitrogen and oxygen atoms in total. The number of hydrogen-bond donors (Lipinski definition) is 3. The first-order valence-corrected chi connectivity index (χ1v) is 8.45. The van der Waals surface area contributed by atoms with Gasteiger partial charge in [-0.05, 0) is 29.3 Å². The summed E-state index contributed by atoms with van der Waals surface area (Å²) in [5, 5.41) is 11.1. The largest absolute Gasteiger partial charge is 0.504 e. The van der Waals surface area contributed by atoms with Gasteiger partial charge in [0.1, 0.15) is 12.1 Å². The van der Waals surface area contributed by atoms with Crippen molar-refractivity contribution >= 4 is 43.4 Å². The maximum atomic E-state index is 11.6. The highest BCUT2D eigenvalue weighted by molar-refractivity contribution is 7.26. The lowest BCUT2D eigenvalue weighted by Crippen LogP contribution is -2.11. The lowest BCUT2D eigenvalue weighted by Gasteiger charge is -2.10. The Morgan fingerprint density at radius 2 is 2.00 bits per heavy atom. The van der Waals surface area contributed by atoms with E-state index in [1.54, 1.807) is 12.1 Å². The predicted octanol–water partition coefficient (Wildman–Crippen LogP) is 2.91. The third-order valence-corrected chi connectivity index (χ3v) is 5.34. The predicted molar refractivity (Wildman–Crippen MR) is 102 cm³/mol. The minimum atomic E-state index is -0.728. The minimum absolute atomic E-state index is 0.00546. The number of carbonyl (C=O) groups is 1. The topological polar surface area (TPSA) is 124 Å². The zero-order valence-electron chi connectivity index (χ0n) is 13.7. The molecule has 0 bridgehead atoms. The van der Waals surface area contributed by atoms with Gasteiger partial charge in [-0.15, -0.1) is 11.3 Å². The standard InChI is InChI=1S/C18H14N4O3S/c1-25-12-5-9(4-11(15(12)23)18(20)24)8-2-3-10-13(6-8)26-16-14(10)21-7-22-17(16)19/h2-7,23H,1H3,(H2,20,24)(H2,19,21,22). The van der Waals surface area contributed by atoms with E-state index in [1.807, 2.05) is 18.2 Å². The lowest BCUT2D eigenvalue weighted by molar-refractivity contribution is 0.0997. The third-order valence-electron chi connectivity index (χ3n) is 4.17. The number of aromatic hydroxyl groups is 1. The summed E-state index contributed by atoms with van der Waals surface area (Å²) in [5.41, 5.74) is 13.7. The number of primary amides is 1. The average Bonchev–Trinajstić information content (AvgIpc) is 3.01. The number of hydrogen-bond acceptors (Lipinski definition) is 7. The van der Waals surface area contributed by atoms with E-state index >= 15 is 0 Å². The zero-order valence-corrected chi connectivity index (χ0v) is 14.5. The van der Waals surface area contributed by atoms with Gasteiger partial charge in [-0.25, -0.2) is 9.97 Å². The first-order valence-electron chi connectivity index (χ1n) is 7.63. The quantitative estimate of drug-likeness (QED) is 0.512. The lowest BCUT2D eigenvalue weighted by atomic mass is 10.0. The van der Waals surface area contributed by atoms with Gasteiger partial charge in [0.2, 0.25) is 0 Å². The number of nitrogens with two attached hydrogens (primary N) is 2. The fraction of sp³-hybridized carbons (Fsp3) is 0.0556. The SMILES string of the molecule is COc1cc(-c2ccc3c(c2)sc2c(N)ncnc23)cc(C(N)=O)c1O. The molecule has 1 amide bonds. The number of aromatic nitrogens is 2. The Bertz CT molecular complexity index is 1190. The summed E-state index contributed by atoms with van der Waals surface area (Å²) in [6.07, 6.45) is 1.45. The molecule has 4 aromatic rings. The number of anilines is 1. The Morgan fingerprint density at radius 3 is 2.73 bits per heavy atom. The van der Waals surface area contributed by atoms with Gasteiger partial charge in [0.25, 0.3) is 5.91 Å². The molecule has 5 N–H and O–H groups in total. The van der Waals surface area contributed by atoms with E-state index in [0.717, 1.165) is 25.9 Å². The number of phenols is 1. The van der Waals surface area contributed by atoms with Crippen molar-refractivity contribution < 1.29 is 14.6 Å². The van der Waals surface area contributed by atoms with Crippen molar-refractivity contribution in [1.82, 2.24) is 9.97 Å². The summed E-state index contributed by atoms with van der Waals surface area (Å²) < 4.78 is 6.98. The van der Waals surface area contributed by atoms with Crippen LogP contribution in [-0.4, -0.2) is 28.1 Å². The molecule has 0 radical (unpaired) electrons. The molecule has 4 rings (SSSR count). The second-order valence-corrected chi connectivity index (χ2v) is 6.74. The van der Waals surface area contributed by atoms with E-state index in [-0.39, 0.29) is 17.1 Å². The average molecular weight is 366 g/mol. The zero-order chi connectivity index (χ0) is 18.4. The van der Waals surface area contributed by atoms with Crippen LogP contribution >= 0.6 is 11.3 Å². The van der Waals surface area contributed by atoms with Crippen LogP contribution < -0.4 is 16.2 Å². The van der Waals surface area contributed by atoms with Gasteiger partial charge >= 0.3 is 0 Å². The first-order chi connectivity index (χ1) is 12.5. The van der Waals surface area contributed by atoms with Crippen LogP contribution in [0.1, 0.15) is 10.4 Å². The summed E-state index contributed by atoms with van der Waals surface area (Å²) in [7, 11) is 1.42. The number of ether oxygens (including phenoxy) is 1. The number of nitrogens with zero attached hydrogens (tertiary/aromatic N) is 2. The second kappa shape index (κ2) is 5.85. The molecule has 0 unspecified atom stereocenters. The molecule has 0 aliphatic rings. The number of benzene rings is 2. The number of methoxy groups -OCH3 is 1. The van der Waals surface area contributed by atoms with E-state index in [2.05, 4.69) is 9.97 Å². The number of fused-ring (bicyclic) bond motifs is 3. The highest BCUT2D eigenvalue weighted by Gasteiger charge is 2.17. The van der Waals surface area contributed by atoms with Crippen LogP contribution in [0, 0.1) is 0 Å². The second-order valence-electron chi connectivity index (χ2n) is 5.69. The van der Waals surface area contributed by atoms with Crippen molar-refractivity contribution in [1.29, 1.82) is 0 Å². The summed E-state index contributed by atoms with van der Waals surface area (Å²) in [6, 6.07) is 9.02. The third kappa shape index (κ3) is 2.39. The first kappa shape index (κ1) is 16.1. The molecule has 130 valence electrons. The van der Waals surface area contributed by atoms with Crippen LogP contribution in [0.25, 0.3) is 31.4 Å². The number of amides is 1. The molecule has 0 atom stereocenters. The van der Waals surface area contributed by atoms with E-state index in [1.165, 1.54) is 24.8 Å². The number of thiophene rings is 1. The van der Waals surface area contributed by atoms with Crippen molar-refractivity contribution in [2.45, 2.75) is 0 Å². The normalized spacial score (nSPS) is 11.1. The number of nitrogen functional groups attached to an aromatic ring is 1. The van der Waals surface area contributed by atoms with Crippen molar-refractivity contribution in [2.24, 2.45) is 5.73 Å². The molecular formula is C18H14N4O3S. The highest BCUT2D eigenvalue weighted by atomic mass is 32.1. The van der Waals surface area contributed by atoms with Gasteiger partial charge in [-0.3, -0.25) is 4.79 Å². The van der Waals surface area contributed by atoms with Gasteiger partial charge in [0.05, 0.1) is 22.9 Å². The van der Waals surface area contributed by atoms with Crippen molar-refractivity contribution in [3.63, 3.8) is 0 Å². The maximum Gasteiger partial charge on any atom is 0.252 e. The summed E-state index contributed by atoms with van der Waals surface area (Å²) in [6.45, 7) is 0. The smallest absolute Gasteiger partial charge is 0.252 e. The van der Waals surface area contributed by atoms with Crippen LogP contribution in [0.5, 0.6) is 11.5 Å². The van der Waals surface area contributed by atoms with Crippen LogP contribution in [-0.2, 0) is 0 Å². The van der Waals surface area contributed by atoms with Gasteiger partial charge in [-0.2, -0.15) is 0 Å². The molecule has 0 saturated heterocycles. The van der Waals surface area contributed by atoms with Crippen LogP contribution in [0.3, 0.4) is 0 Å². The van der Waals surface area contributed by atoms with Gasteiger partial charge in [0.15, 0.2) is 11.5 Å². The van der Waals surface area contributed by atoms with E-state index in [9.17, 15) is 9.90 Å². The Kier molecular flexibility index (Phi) is 3.62. The fourth-order valence-electron chi connectivity index (χ4n) is 2.89. The molecule has 0 fully saturated rings. The van der Waals surface area contributed by atoms with Crippen LogP contribution in [0.4, 0.5) is 5.82 Å². The Morgan fingerprint density at radius 1 is 1.19 bits per heavy atom. The van der Waals surface area contributed by atoms with Crippen molar-refractivity contribution in [3.8, 4) is 22.6 Å². The molecule has 2 aromatic carbocycles. The summed E-state index contributed by atoms with van der Waals surface area (Å²) in [4.78, 5) is 20.0. The molecular weight excluding hydrogens is 352 g/mol. The molecule has 2 aromatic heterocycles. The van der Waals surface area contributed by atoms with E-state index < -0.39 is 5.91 Å². The fourth-order valence-corrected chi connectivity index (χ4v) is 3.99. The minimum Gasteiger partial charge on any atom is -0.504 e. The Balaban J connectivity index is 1.94. The number of rotatable bonds is 3. The molecule has 0 aliphatic carbocycles. The molecule has 0 aliphatic heterocycles. The van der Waals surface area contributed by atoms with Gasteiger partial charge < -0.3 is 21.3 Å². The number of carbonyl (C=O) groups excluding carboxylic acids is 1. The molecule has 26 heavy (non-hydrogen) atoms. The highest BCUT2D eigenvalue weighted by Crippen LogP contribution is 2.39.